The molecule has 0 spiro atoms. The van der Waals surface area contributed by atoms with Crippen molar-refractivity contribution in [3.05, 3.63) is 18.2 Å². The molecule has 2 N–H and O–H groups in total. The Labute approximate surface area is 86.1 Å². The van der Waals surface area contributed by atoms with Crippen LogP contribution in [0.25, 0.3) is 0 Å². The van der Waals surface area contributed by atoms with Gasteiger partial charge in [-0.15, -0.1) is 0 Å². The number of alkyl halides is 3. The fraction of sp³-hybridized carbons (Fsp3) is 0.667. The van der Waals surface area contributed by atoms with Gasteiger partial charge in [0.2, 0.25) is 0 Å². The summed E-state index contributed by atoms with van der Waals surface area (Å²) in [4.78, 5) is 3.81. The quantitative estimate of drug-likeness (QED) is 0.847. The van der Waals surface area contributed by atoms with Gasteiger partial charge in [0, 0.05) is 12.7 Å². The van der Waals surface area contributed by atoms with Crippen LogP contribution in [-0.2, 0) is 6.54 Å². The smallest absolute Gasteiger partial charge is 0.333 e. The van der Waals surface area contributed by atoms with Gasteiger partial charge in [-0.2, -0.15) is 13.2 Å². The molecule has 0 fully saturated rings. The molecule has 15 heavy (non-hydrogen) atoms. The minimum Gasteiger partial charge on any atom is -0.333 e. The van der Waals surface area contributed by atoms with E-state index in [1.807, 2.05) is 6.92 Å². The Bertz CT molecular complexity index is 306. The maximum Gasteiger partial charge on any atom is 0.390 e. The largest absolute Gasteiger partial charge is 0.390 e. The second kappa shape index (κ2) is 4.65. The molecule has 0 aliphatic rings. The first kappa shape index (κ1) is 12.0. The molecule has 0 saturated carbocycles. The van der Waals surface area contributed by atoms with E-state index in [0.29, 0.717) is 12.2 Å². The Kier molecular flexibility index (Phi) is 3.73. The molecule has 1 heterocycles. The van der Waals surface area contributed by atoms with Crippen molar-refractivity contribution < 1.29 is 13.2 Å². The number of hydrogen-bond acceptors (Lipinski definition) is 2. The second-order valence-corrected chi connectivity index (χ2v) is 3.44. The summed E-state index contributed by atoms with van der Waals surface area (Å²) in [6, 6.07) is -1.03. The van der Waals surface area contributed by atoms with Crippen molar-refractivity contribution in [2.45, 2.75) is 38.5 Å². The zero-order chi connectivity index (χ0) is 11.5. The number of nitrogens with zero attached hydrogens (tertiary/aromatic N) is 2. The van der Waals surface area contributed by atoms with Crippen molar-refractivity contribution in [1.29, 1.82) is 0 Å². The summed E-state index contributed by atoms with van der Waals surface area (Å²) in [5.41, 5.74) is 5.91. The predicted molar refractivity (Wildman–Crippen MR) is 50.1 cm³/mol. The highest BCUT2D eigenvalue weighted by molar-refractivity contribution is 5.05. The Morgan fingerprint density at radius 2 is 2.20 bits per heavy atom. The Hall–Kier alpha value is -1.04. The number of rotatable bonds is 4. The van der Waals surface area contributed by atoms with E-state index >= 15 is 0 Å². The van der Waals surface area contributed by atoms with Crippen molar-refractivity contribution in [1.82, 2.24) is 9.55 Å². The van der Waals surface area contributed by atoms with Crippen molar-refractivity contribution >= 4 is 0 Å². The Balaban J connectivity index is 2.72. The fourth-order valence-electron chi connectivity index (χ4n) is 1.42. The summed E-state index contributed by atoms with van der Waals surface area (Å²) in [6.07, 6.45) is -1.51. The van der Waals surface area contributed by atoms with Gasteiger partial charge in [-0.05, 0) is 6.42 Å². The van der Waals surface area contributed by atoms with Crippen LogP contribution in [0.5, 0.6) is 0 Å². The van der Waals surface area contributed by atoms with Crippen LogP contribution < -0.4 is 5.73 Å². The van der Waals surface area contributed by atoms with E-state index in [1.54, 1.807) is 4.57 Å². The predicted octanol–water partition coefficient (Wildman–Crippen LogP) is 2.25. The molecular formula is C9H14F3N3. The molecule has 6 heteroatoms. The van der Waals surface area contributed by atoms with Gasteiger partial charge in [0.1, 0.15) is 0 Å². The second-order valence-electron chi connectivity index (χ2n) is 3.44. The van der Waals surface area contributed by atoms with E-state index in [0.717, 1.165) is 6.42 Å². The first-order valence-corrected chi connectivity index (χ1v) is 4.76. The molecule has 0 amide bonds. The molecule has 1 rings (SSSR count). The van der Waals surface area contributed by atoms with Crippen molar-refractivity contribution in [3.63, 3.8) is 0 Å². The third kappa shape index (κ3) is 3.54. The van der Waals surface area contributed by atoms with Crippen LogP contribution >= 0.6 is 0 Å². The lowest BCUT2D eigenvalue weighted by molar-refractivity contribution is -0.138. The highest BCUT2D eigenvalue weighted by atomic mass is 19.4. The van der Waals surface area contributed by atoms with Crippen LogP contribution in [0, 0.1) is 0 Å². The molecule has 0 aliphatic heterocycles. The van der Waals surface area contributed by atoms with Gasteiger partial charge >= 0.3 is 6.18 Å². The fourth-order valence-corrected chi connectivity index (χ4v) is 1.42. The third-order valence-electron chi connectivity index (χ3n) is 2.04. The van der Waals surface area contributed by atoms with E-state index in [-0.39, 0.29) is 0 Å². The number of aryl methyl sites for hydroxylation is 1. The maximum absolute atomic E-state index is 12.1. The van der Waals surface area contributed by atoms with E-state index in [1.165, 1.54) is 12.5 Å². The van der Waals surface area contributed by atoms with Gasteiger partial charge in [-0.3, -0.25) is 0 Å². The van der Waals surface area contributed by atoms with Crippen LogP contribution in [0.1, 0.15) is 31.5 Å². The third-order valence-corrected chi connectivity index (χ3v) is 2.04. The molecule has 1 aromatic rings. The lowest BCUT2D eigenvalue weighted by Crippen LogP contribution is -2.22. The number of hydrogen-bond donors (Lipinski definition) is 1. The summed E-state index contributed by atoms with van der Waals surface area (Å²) in [6.45, 7) is 2.58. The van der Waals surface area contributed by atoms with Crippen molar-refractivity contribution in [2.24, 2.45) is 5.73 Å². The number of imidazole rings is 1. The molecule has 0 aromatic carbocycles. The molecular weight excluding hydrogens is 207 g/mol. The lowest BCUT2D eigenvalue weighted by Gasteiger charge is -2.15. The molecule has 3 nitrogen and oxygen atoms in total. The highest BCUT2D eigenvalue weighted by Gasteiger charge is 2.31. The van der Waals surface area contributed by atoms with E-state index < -0.39 is 18.6 Å². The monoisotopic (exact) mass is 221 g/mol. The molecule has 1 aromatic heterocycles. The van der Waals surface area contributed by atoms with Gasteiger partial charge in [0.25, 0.3) is 0 Å². The molecule has 0 saturated heterocycles. The molecule has 86 valence electrons. The average Bonchev–Trinajstić information content (AvgIpc) is 2.49. The van der Waals surface area contributed by atoms with Crippen molar-refractivity contribution in [3.8, 4) is 0 Å². The lowest BCUT2D eigenvalue weighted by atomic mass is 10.1. The number of aromatic nitrogens is 2. The van der Waals surface area contributed by atoms with Crippen LogP contribution in [0.2, 0.25) is 0 Å². The molecule has 1 unspecified atom stereocenters. The topological polar surface area (TPSA) is 43.8 Å². The van der Waals surface area contributed by atoms with Crippen molar-refractivity contribution in [2.75, 3.05) is 0 Å². The van der Waals surface area contributed by atoms with Crippen LogP contribution in [0.3, 0.4) is 0 Å². The van der Waals surface area contributed by atoms with E-state index in [4.69, 9.17) is 5.73 Å². The van der Waals surface area contributed by atoms with Crippen LogP contribution in [0.4, 0.5) is 13.2 Å². The first-order chi connectivity index (χ1) is 6.94. The summed E-state index contributed by atoms with van der Waals surface area (Å²) in [7, 11) is 0. The summed E-state index contributed by atoms with van der Waals surface area (Å²) < 4.78 is 38.0. The zero-order valence-corrected chi connectivity index (χ0v) is 8.46. The maximum atomic E-state index is 12.1. The van der Waals surface area contributed by atoms with E-state index in [2.05, 4.69) is 4.98 Å². The average molecular weight is 221 g/mol. The van der Waals surface area contributed by atoms with Gasteiger partial charge in [-0.1, -0.05) is 6.92 Å². The number of nitrogens with two attached hydrogens (primary N) is 1. The van der Waals surface area contributed by atoms with Gasteiger partial charge in [-0.25, -0.2) is 4.98 Å². The first-order valence-electron chi connectivity index (χ1n) is 4.76. The molecule has 0 aliphatic carbocycles. The van der Waals surface area contributed by atoms with Gasteiger partial charge in [0.15, 0.2) is 0 Å². The summed E-state index contributed by atoms with van der Waals surface area (Å²) >= 11 is 0. The van der Waals surface area contributed by atoms with E-state index in [9.17, 15) is 13.2 Å². The minimum absolute atomic E-state index is 0.439. The minimum atomic E-state index is -4.24. The molecule has 1 atom stereocenters. The highest BCUT2D eigenvalue weighted by Crippen LogP contribution is 2.27. The van der Waals surface area contributed by atoms with Crippen LogP contribution in [-0.4, -0.2) is 15.7 Å². The molecule has 0 bridgehead atoms. The van der Waals surface area contributed by atoms with Gasteiger partial charge in [0.05, 0.1) is 24.5 Å². The SMILES string of the molecule is CCCn1cncc1C(N)CC(F)(F)F. The normalized spacial score (nSPS) is 14.2. The zero-order valence-electron chi connectivity index (χ0n) is 8.46. The summed E-state index contributed by atoms with van der Waals surface area (Å²) in [5.74, 6) is 0. The Morgan fingerprint density at radius 1 is 1.53 bits per heavy atom. The molecule has 0 radical (unpaired) electrons. The summed E-state index contributed by atoms with van der Waals surface area (Å²) in [5, 5.41) is 0. The number of halogens is 3. The van der Waals surface area contributed by atoms with Crippen LogP contribution in [0.15, 0.2) is 12.5 Å². The van der Waals surface area contributed by atoms with Gasteiger partial charge < -0.3 is 10.3 Å². The standard InChI is InChI=1S/C9H14F3N3/c1-2-3-15-6-14-5-8(15)7(13)4-9(10,11)12/h5-7H,2-4,13H2,1H3. The Morgan fingerprint density at radius 3 is 2.73 bits per heavy atom.